The van der Waals surface area contributed by atoms with Gasteiger partial charge in [0.05, 0.1) is 0 Å². The zero-order valence-electron chi connectivity index (χ0n) is 11.0. The molecule has 2 aromatic carbocycles. The molecule has 0 fully saturated rings. The summed E-state index contributed by atoms with van der Waals surface area (Å²) in [6.45, 7) is 1.48. The summed E-state index contributed by atoms with van der Waals surface area (Å²) in [5.74, 6) is 4.97. The Labute approximate surface area is 117 Å². The maximum atomic E-state index is 11.9. The molecule has 2 N–H and O–H groups in total. The smallest absolute Gasteiger partial charge is 0.236 e. The SMILES string of the molecule is CC(=O)c1ccc(C(=O)C#Cc2ccccc2N)cc1. The van der Waals surface area contributed by atoms with Crippen molar-refractivity contribution in [2.75, 3.05) is 5.73 Å². The predicted octanol–water partition coefficient (Wildman–Crippen LogP) is 2.71. The van der Waals surface area contributed by atoms with E-state index < -0.39 is 0 Å². The summed E-state index contributed by atoms with van der Waals surface area (Å²) in [7, 11) is 0. The molecule has 0 aliphatic heterocycles. The second-order valence-electron chi connectivity index (χ2n) is 4.30. The normalized spacial score (nSPS) is 9.45. The Kier molecular flexibility index (Phi) is 3.97. The largest absolute Gasteiger partial charge is 0.398 e. The van der Waals surface area contributed by atoms with Crippen LogP contribution in [0, 0.1) is 11.8 Å². The van der Waals surface area contributed by atoms with Gasteiger partial charge in [-0.2, -0.15) is 0 Å². The van der Waals surface area contributed by atoms with Crippen LogP contribution in [0.3, 0.4) is 0 Å². The molecular formula is C17H13NO2. The van der Waals surface area contributed by atoms with Gasteiger partial charge < -0.3 is 5.73 Å². The van der Waals surface area contributed by atoms with E-state index in [1.807, 2.05) is 12.1 Å². The molecule has 0 spiro atoms. The van der Waals surface area contributed by atoms with Crippen molar-refractivity contribution in [3.63, 3.8) is 0 Å². The summed E-state index contributed by atoms with van der Waals surface area (Å²) in [6, 6.07) is 13.5. The lowest BCUT2D eigenvalue weighted by Crippen LogP contribution is -1.98. The Morgan fingerprint density at radius 3 is 2.15 bits per heavy atom. The van der Waals surface area contributed by atoms with Gasteiger partial charge in [0.2, 0.25) is 5.78 Å². The summed E-state index contributed by atoms with van der Waals surface area (Å²) < 4.78 is 0. The van der Waals surface area contributed by atoms with Gasteiger partial charge in [-0.25, -0.2) is 0 Å². The zero-order chi connectivity index (χ0) is 14.5. The van der Waals surface area contributed by atoms with Crippen LogP contribution in [-0.4, -0.2) is 11.6 Å². The predicted molar refractivity (Wildman–Crippen MR) is 78.5 cm³/mol. The van der Waals surface area contributed by atoms with Gasteiger partial charge in [0.1, 0.15) is 0 Å². The van der Waals surface area contributed by atoms with Crippen LogP contribution in [0.4, 0.5) is 5.69 Å². The van der Waals surface area contributed by atoms with Gasteiger partial charge in [0.25, 0.3) is 0 Å². The van der Waals surface area contributed by atoms with E-state index in [1.54, 1.807) is 36.4 Å². The minimum Gasteiger partial charge on any atom is -0.398 e. The van der Waals surface area contributed by atoms with Crippen molar-refractivity contribution in [1.82, 2.24) is 0 Å². The van der Waals surface area contributed by atoms with Crippen LogP contribution in [0.5, 0.6) is 0 Å². The van der Waals surface area contributed by atoms with Gasteiger partial charge in [-0.15, -0.1) is 0 Å². The van der Waals surface area contributed by atoms with Crippen LogP contribution in [-0.2, 0) is 0 Å². The number of anilines is 1. The third-order valence-corrected chi connectivity index (χ3v) is 2.83. The number of carbonyl (C=O) groups is 2. The standard InChI is InChI=1S/C17H13NO2/c1-12(19)13-6-8-15(9-7-13)17(20)11-10-14-4-2-3-5-16(14)18/h2-9H,18H2,1H3. The van der Waals surface area contributed by atoms with Crippen LogP contribution in [0.1, 0.15) is 33.2 Å². The van der Waals surface area contributed by atoms with E-state index in [-0.39, 0.29) is 11.6 Å². The fourth-order valence-corrected chi connectivity index (χ4v) is 1.66. The molecule has 0 atom stereocenters. The molecule has 0 aliphatic carbocycles. The van der Waals surface area contributed by atoms with Gasteiger partial charge in [-0.05, 0) is 37.1 Å². The first kappa shape index (κ1) is 13.6. The Hall–Kier alpha value is -2.86. The first-order chi connectivity index (χ1) is 9.58. The van der Waals surface area contributed by atoms with E-state index >= 15 is 0 Å². The van der Waals surface area contributed by atoms with E-state index in [0.717, 1.165) is 0 Å². The van der Waals surface area contributed by atoms with E-state index in [0.29, 0.717) is 22.4 Å². The van der Waals surface area contributed by atoms with E-state index in [4.69, 9.17) is 5.73 Å². The second kappa shape index (κ2) is 5.85. The van der Waals surface area contributed by atoms with Gasteiger partial charge >= 0.3 is 0 Å². The van der Waals surface area contributed by atoms with Gasteiger partial charge in [-0.1, -0.05) is 30.2 Å². The highest BCUT2D eigenvalue weighted by Crippen LogP contribution is 2.09. The first-order valence-electron chi connectivity index (χ1n) is 6.10. The third kappa shape index (κ3) is 3.12. The summed E-state index contributed by atoms with van der Waals surface area (Å²) in [6.07, 6.45) is 0. The lowest BCUT2D eigenvalue weighted by molar-refractivity contribution is 0.101. The molecule has 0 saturated carbocycles. The summed E-state index contributed by atoms with van der Waals surface area (Å²) in [4.78, 5) is 23.1. The highest BCUT2D eigenvalue weighted by Gasteiger charge is 2.04. The molecule has 0 radical (unpaired) electrons. The molecular weight excluding hydrogens is 250 g/mol. The summed E-state index contributed by atoms with van der Waals surface area (Å²) in [5.41, 5.74) is 7.94. The molecule has 0 amide bonds. The number of nitrogen functional groups attached to an aromatic ring is 1. The number of carbonyl (C=O) groups excluding carboxylic acids is 2. The van der Waals surface area contributed by atoms with E-state index in [9.17, 15) is 9.59 Å². The van der Waals surface area contributed by atoms with Crippen LogP contribution in [0.15, 0.2) is 48.5 Å². The molecule has 0 saturated heterocycles. The Morgan fingerprint density at radius 1 is 0.950 bits per heavy atom. The second-order valence-corrected chi connectivity index (χ2v) is 4.30. The number of nitrogens with two attached hydrogens (primary N) is 1. The Bertz CT molecular complexity index is 719. The van der Waals surface area contributed by atoms with E-state index in [1.165, 1.54) is 6.92 Å². The van der Waals surface area contributed by atoms with Crippen molar-refractivity contribution in [2.45, 2.75) is 6.92 Å². The average molecular weight is 263 g/mol. The lowest BCUT2D eigenvalue weighted by Gasteiger charge is -1.97. The van der Waals surface area contributed by atoms with E-state index in [2.05, 4.69) is 11.8 Å². The summed E-state index contributed by atoms with van der Waals surface area (Å²) in [5, 5.41) is 0. The molecule has 0 bridgehead atoms. The maximum Gasteiger partial charge on any atom is 0.236 e. The average Bonchev–Trinajstić information content (AvgIpc) is 2.46. The molecule has 98 valence electrons. The number of para-hydroxylation sites is 1. The molecule has 2 aromatic rings. The molecule has 3 heteroatoms. The number of ketones is 2. The molecule has 0 aromatic heterocycles. The fraction of sp³-hybridized carbons (Fsp3) is 0.0588. The third-order valence-electron chi connectivity index (χ3n) is 2.83. The first-order valence-corrected chi connectivity index (χ1v) is 6.10. The Balaban J connectivity index is 2.21. The fourth-order valence-electron chi connectivity index (χ4n) is 1.66. The van der Waals surface area contributed by atoms with Gasteiger partial charge in [0.15, 0.2) is 5.78 Å². The minimum atomic E-state index is -0.302. The molecule has 3 nitrogen and oxygen atoms in total. The van der Waals surface area contributed by atoms with Crippen molar-refractivity contribution >= 4 is 17.3 Å². The van der Waals surface area contributed by atoms with Crippen LogP contribution < -0.4 is 5.73 Å². The van der Waals surface area contributed by atoms with Gasteiger partial charge in [-0.3, -0.25) is 9.59 Å². The van der Waals surface area contributed by atoms with Crippen molar-refractivity contribution in [3.8, 4) is 11.8 Å². The number of Topliss-reactive ketones (excluding diaryl/α,β-unsaturated/α-hetero) is 2. The Morgan fingerprint density at radius 2 is 1.55 bits per heavy atom. The maximum absolute atomic E-state index is 11.9. The zero-order valence-corrected chi connectivity index (χ0v) is 11.0. The molecule has 2 rings (SSSR count). The number of hydrogen-bond donors (Lipinski definition) is 1. The van der Waals surface area contributed by atoms with Crippen LogP contribution >= 0.6 is 0 Å². The lowest BCUT2D eigenvalue weighted by atomic mass is 10.1. The highest BCUT2D eigenvalue weighted by molar-refractivity contribution is 6.09. The molecule has 0 aliphatic rings. The van der Waals surface area contributed by atoms with Crippen LogP contribution in [0.2, 0.25) is 0 Å². The summed E-state index contributed by atoms with van der Waals surface area (Å²) >= 11 is 0. The quantitative estimate of drug-likeness (QED) is 0.515. The van der Waals surface area contributed by atoms with Crippen molar-refractivity contribution in [2.24, 2.45) is 0 Å². The van der Waals surface area contributed by atoms with Crippen LogP contribution in [0.25, 0.3) is 0 Å². The molecule has 0 unspecified atom stereocenters. The van der Waals surface area contributed by atoms with Gasteiger partial charge in [0, 0.05) is 22.4 Å². The molecule has 20 heavy (non-hydrogen) atoms. The number of hydrogen-bond acceptors (Lipinski definition) is 3. The topological polar surface area (TPSA) is 60.2 Å². The highest BCUT2D eigenvalue weighted by atomic mass is 16.1. The number of benzene rings is 2. The van der Waals surface area contributed by atoms with Crippen molar-refractivity contribution in [1.29, 1.82) is 0 Å². The number of rotatable bonds is 2. The van der Waals surface area contributed by atoms with Crippen molar-refractivity contribution in [3.05, 3.63) is 65.2 Å². The minimum absolute atomic E-state index is 0.0351. The van der Waals surface area contributed by atoms with Crippen molar-refractivity contribution < 1.29 is 9.59 Å². The monoisotopic (exact) mass is 263 g/mol. The molecule has 0 heterocycles.